The Balaban J connectivity index is 1.45. The van der Waals surface area contributed by atoms with Crippen LogP contribution in [0, 0.1) is 0 Å². The molecule has 10 heteroatoms. The van der Waals surface area contributed by atoms with E-state index in [1.165, 1.54) is 0 Å². The highest BCUT2D eigenvalue weighted by Crippen LogP contribution is 2.39. The fourth-order valence-corrected chi connectivity index (χ4v) is 6.92. The van der Waals surface area contributed by atoms with E-state index in [4.69, 9.17) is 15.2 Å². The third-order valence-corrected chi connectivity index (χ3v) is 9.26. The van der Waals surface area contributed by atoms with E-state index in [0.29, 0.717) is 17.5 Å². The zero-order valence-electron chi connectivity index (χ0n) is 23.1. The summed E-state index contributed by atoms with van der Waals surface area (Å²) in [6.45, 7) is 1.76. The van der Waals surface area contributed by atoms with Crippen LogP contribution in [0.4, 0.5) is 4.79 Å². The third-order valence-electron chi connectivity index (χ3n) is 7.34. The largest absolute Gasteiger partial charge is 0.509 e. The SMILES string of the molecule is CCOC(=O)OC1NC(S(=O)(=O)c2ccc3ccccc3c2)c2ccccc2C1CNC(=O)[C@@H](N)Cc1ccccc1. The Labute approximate surface area is 244 Å². The normalized spacial score (nSPS) is 19.0. The molecule has 4 atom stereocenters. The average Bonchev–Trinajstić information content (AvgIpc) is 3.00. The summed E-state index contributed by atoms with van der Waals surface area (Å²) in [5.41, 5.74) is 8.24. The maximum absolute atomic E-state index is 14.1. The van der Waals surface area contributed by atoms with Crippen molar-refractivity contribution >= 4 is 32.7 Å². The van der Waals surface area contributed by atoms with Gasteiger partial charge in [-0.2, -0.15) is 0 Å². The molecule has 1 aliphatic heterocycles. The lowest BCUT2D eigenvalue weighted by Gasteiger charge is -2.38. The van der Waals surface area contributed by atoms with Gasteiger partial charge in [0.15, 0.2) is 16.1 Å². The minimum atomic E-state index is -4.00. The second-order valence-corrected chi connectivity index (χ2v) is 12.1. The molecule has 1 heterocycles. The summed E-state index contributed by atoms with van der Waals surface area (Å²) < 4.78 is 38.7. The molecule has 0 spiro atoms. The summed E-state index contributed by atoms with van der Waals surface area (Å²) in [6, 6.07) is 28.1. The number of benzene rings is 4. The van der Waals surface area contributed by atoms with Crippen molar-refractivity contribution in [2.24, 2.45) is 5.73 Å². The van der Waals surface area contributed by atoms with Gasteiger partial charge in [-0.05, 0) is 52.9 Å². The molecule has 0 saturated carbocycles. The molecule has 0 radical (unpaired) electrons. The van der Waals surface area contributed by atoms with E-state index in [1.54, 1.807) is 49.4 Å². The van der Waals surface area contributed by atoms with Gasteiger partial charge in [0.25, 0.3) is 0 Å². The van der Waals surface area contributed by atoms with Gasteiger partial charge in [0.05, 0.1) is 23.5 Å². The van der Waals surface area contributed by atoms with Crippen molar-refractivity contribution in [1.29, 1.82) is 0 Å². The molecule has 0 fully saturated rings. The number of carbonyl (C=O) groups is 2. The van der Waals surface area contributed by atoms with Gasteiger partial charge in [0.1, 0.15) is 5.37 Å². The van der Waals surface area contributed by atoms with Crippen LogP contribution in [0.2, 0.25) is 0 Å². The van der Waals surface area contributed by atoms with Gasteiger partial charge in [-0.15, -0.1) is 0 Å². The van der Waals surface area contributed by atoms with Gasteiger partial charge in [-0.25, -0.2) is 13.2 Å². The molecule has 218 valence electrons. The van der Waals surface area contributed by atoms with E-state index in [1.807, 2.05) is 54.6 Å². The highest BCUT2D eigenvalue weighted by atomic mass is 32.2. The van der Waals surface area contributed by atoms with Crippen molar-refractivity contribution in [2.45, 2.75) is 41.8 Å². The number of nitrogens with two attached hydrogens (primary N) is 1. The molecule has 9 nitrogen and oxygen atoms in total. The number of rotatable bonds is 9. The number of ether oxygens (including phenoxy) is 2. The maximum Gasteiger partial charge on any atom is 0.509 e. The molecule has 0 aliphatic carbocycles. The lowest BCUT2D eigenvalue weighted by molar-refractivity contribution is -0.122. The van der Waals surface area contributed by atoms with Gasteiger partial charge < -0.3 is 20.5 Å². The molecular weight excluding hydrogens is 554 g/mol. The second kappa shape index (κ2) is 12.7. The van der Waals surface area contributed by atoms with E-state index in [9.17, 15) is 18.0 Å². The molecule has 42 heavy (non-hydrogen) atoms. The molecule has 0 aromatic heterocycles. The average molecular weight is 588 g/mol. The van der Waals surface area contributed by atoms with Crippen molar-refractivity contribution in [3.8, 4) is 0 Å². The number of hydrogen-bond acceptors (Lipinski definition) is 8. The topological polar surface area (TPSA) is 137 Å². The summed E-state index contributed by atoms with van der Waals surface area (Å²) in [5, 5.41) is 6.38. The number of amides is 1. The third kappa shape index (κ3) is 6.30. The minimum absolute atomic E-state index is 0.0398. The van der Waals surface area contributed by atoms with E-state index in [2.05, 4.69) is 10.6 Å². The van der Waals surface area contributed by atoms with Gasteiger partial charge in [0, 0.05) is 6.54 Å². The van der Waals surface area contributed by atoms with Crippen LogP contribution in [0.15, 0.2) is 102 Å². The van der Waals surface area contributed by atoms with Crippen LogP contribution in [-0.4, -0.2) is 45.9 Å². The van der Waals surface area contributed by atoms with Crippen LogP contribution in [-0.2, 0) is 30.5 Å². The maximum atomic E-state index is 14.1. The summed E-state index contributed by atoms with van der Waals surface area (Å²) in [6.07, 6.45) is -1.72. The summed E-state index contributed by atoms with van der Waals surface area (Å²) in [7, 11) is -4.00. The van der Waals surface area contributed by atoms with Crippen LogP contribution in [0.5, 0.6) is 0 Å². The molecule has 4 aromatic carbocycles. The zero-order valence-corrected chi connectivity index (χ0v) is 23.9. The Morgan fingerprint density at radius 1 is 0.905 bits per heavy atom. The molecule has 0 bridgehead atoms. The predicted molar refractivity (Wildman–Crippen MR) is 159 cm³/mol. The minimum Gasteiger partial charge on any atom is -0.435 e. The zero-order chi connectivity index (χ0) is 29.7. The van der Waals surface area contributed by atoms with Crippen LogP contribution >= 0.6 is 0 Å². The molecule has 1 aliphatic rings. The Morgan fingerprint density at radius 3 is 2.31 bits per heavy atom. The first-order valence-electron chi connectivity index (χ1n) is 13.8. The van der Waals surface area contributed by atoms with Gasteiger partial charge in [-0.3, -0.25) is 10.1 Å². The van der Waals surface area contributed by atoms with Crippen molar-refractivity contribution in [3.63, 3.8) is 0 Å². The molecule has 3 unspecified atom stereocenters. The lowest BCUT2D eigenvalue weighted by atomic mass is 9.89. The Hall–Kier alpha value is -4.25. The molecule has 0 saturated heterocycles. The Morgan fingerprint density at radius 2 is 1.57 bits per heavy atom. The standard InChI is InChI=1S/C32H33N3O6S/c1-2-40-32(37)41-30-27(20-34-29(36)28(33)18-21-10-4-3-5-11-21)25-14-8-9-15-26(25)31(35-30)42(38,39)24-17-16-22-12-6-7-13-23(22)19-24/h3-17,19,27-28,30-31,35H,2,18,20,33H2,1H3,(H,34,36)/t27?,28-,30?,31?/m0/s1. The highest BCUT2D eigenvalue weighted by Gasteiger charge is 2.43. The smallest absolute Gasteiger partial charge is 0.435 e. The van der Waals surface area contributed by atoms with Crippen LogP contribution in [0.3, 0.4) is 0 Å². The fourth-order valence-electron chi connectivity index (χ4n) is 5.23. The molecule has 5 rings (SSSR count). The predicted octanol–water partition coefficient (Wildman–Crippen LogP) is 4.18. The number of carbonyl (C=O) groups excluding carboxylic acids is 2. The number of hydrogen-bond donors (Lipinski definition) is 3. The number of fused-ring (bicyclic) bond motifs is 2. The molecule has 4 N–H and O–H groups in total. The van der Waals surface area contributed by atoms with E-state index < -0.39 is 39.6 Å². The molecule has 4 aromatic rings. The van der Waals surface area contributed by atoms with Crippen LogP contribution in [0.1, 0.15) is 34.9 Å². The first kappa shape index (κ1) is 29.2. The van der Waals surface area contributed by atoms with E-state index in [0.717, 1.165) is 16.3 Å². The van der Waals surface area contributed by atoms with Crippen LogP contribution in [0.25, 0.3) is 10.8 Å². The Bertz CT molecular complexity index is 1680. The number of nitrogens with one attached hydrogen (secondary N) is 2. The van der Waals surface area contributed by atoms with Crippen molar-refractivity contribution in [1.82, 2.24) is 10.6 Å². The van der Waals surface area contributed by atoms with Gasteiger partial charge in [0.2, 0.25) is 5.91 Å². The summed E-state index contributed by atoms with van der Waals surface area (Å²) in [4.78, 5) is 25.5. The summed E-state index contributed by atoms with van der Waals surface area (Å²) in [5.74, 6) is -1.00. The highest BCUT2D eigenvalue weighted by molar-refractivity contribution is 7.91. The molecule has 1 amide bonds. The van der Waals surface area contributed by atoms with Crippen LogP contribution < -0.4 is 16.4 Å². The van der Waals surface area contributed by atoms with Crippen molar-refractivity contribution in [2.75, 3.05) is 13.2 Å². The lowest BCUT2D eigenvalue weighted by Crippen LogP contribution is -2.52. The van der Waals surface area contributed by atoms with Crippen molar-refractivity contribution < 1.29 is 27.5 Å². The quantitative estimate of drug-likeness (QED) is 0.248. The van der Waals surface area contributed by atoms with Gasteiger partial charge >= 0.3 is 6.16 Å². The number of sulfone groups is 1. The monoisotopic (exact) mass is 587 g/mol. The fraction of sp³-hybridized carbons (Fsp3) is 0.250. The van der Waals surface area contributed by atoms with E-state index in [-0.39, 0.29) is 24.0 Å². The van der Waals surface area contributed by atoms with E-state index >= 15 is 0 Å². The Kier molecular flexibility index (Phi) is 8.86. The first-order valence-corrected chi connectivity index (χ1v) is 15.3. The van der Waals surface area contributed by atoms with Gasteiger partial charge in [-0.1, -0.05) is 84.9 Å². The summed E-state index contributed by atoms with van der Waals surface area (Å²) >= 11 is 0. The second-order valence-electron chi connectivity index (χ2n) is 10.1. The first-order chi connectivity index (χ1) is 20.3. The van der Waals surface area contributed by atoms with Crippen molar-refractivity contribution in [3.05, 3.63) is 114 Å². The molecular formula is C32H33N3O6S.